The fourth-order valence-electron chi connectivity index (χ4n) is 10.5. The Hall–Kier alpha value is -6.94. The van der Waals surface area contributed by atoms with Crippen molar-refractivity contribution in [2.75, 3.05) is 39.3 Å². The van der Waals surface area contributed by atoms with Crippen molar-refractivity contribution in [1.82, 2.24) is 20.4 Å². The number of nitrogens with one attached hydrogen (secondary N) is 2. The van der Waals surface area contributed by atoms with Gasteiger partial charge in [-0.3, -0.25) is 19.2 Å². The molecule has 70 heavy (non-hydrogen) atoms. The molecule has 2 aliphatic rings. The molecule has 6 aromatic carbocycles. The molecule has 2 saturated heterocycles. The zero-order chi connectivity index (χ0) is 49.1. The lowest BCUT2D eigenvalue weighted by Gasteiger charge is -2.41. The van der Waals surface area contributed by atoms with Crippen molar-refractivity contribution >= 4 is 23.6 Å². The predicted octanol–water partition coefficient (Wildman–Crippen LogP) is 9.95. The van der Waals surface area contributed by atoms with E-state index < -0.39 is 10.8 Å². The first-order chi connectivity index (χ1) is 33.9. The number of carbonyl (C=O) groups excluding carboxylic acids is 4. The first-order valence-corrected chi connectivity index (χ1v) is 24.8. The van der Waals surface area contributed by atoms with Crippen LogP contribution in [-0.4, -0.2) is 72.7 Å². The number of benzene rings is 6. The number of nitrogens with zero attached hydrogens (tertiary/aromatic N) is 2. The first kappa shape index (κ1) is 49.5. The zero-order valence-electron chi connectivity index (χ0n) is 40.5. The molecule has 2 heterocycles. The highest BCUT2D eigenvalue weighted by Crippen LogP contribution is 2.38. The molecule has 0 bridgehead atoms. The summed E-state index contributed by atoms with van der Waals surface area (Å²) in [5.41, 5.74) is 7.66. The van der Waals surface area contributed by atoms with Gasteiger partial charge >= 0.3 is 0 Å². The van der Waals surface area contributed by atoms with Crippen LogP contribution in [0.15, 0.2) is 146 Å². The standard InChI is InChI=1S/C60H64F2N4O4/c1-43-39-47(27-33-63-57(69)59(50-13-5-3-6-14-50)29-35-65(36-30-59)55(67)25-20-45-17-22-52(61)23-18-45)41-49(40-43)53-42-46(19-24-54(53)62)21-26-56(68)66-37-31-60(32-38-66,51-15-7-4-8-16-51)58(70)64-34-28-48-12-10-9-11-44(48)2/h3-19,22-24,39-42H,20-21,25-38H2,1-2H3,(H,63,69)(H,64,70). The topological polar surface area (TPSA) is 98.8 Å². The van der Waals surface area contributed by atoms with Gasteiger partial charge in [0.2, 0.25) is 23.6 Å². The van der Waals surface area contributed by atoms with Gasteiger partial charge in [0.15, 0.2) is 0 Å². The lowest BCUT2D eigenvalue weighted by molar-refractivity contribution is -0.137. The average molecular weight is 943 g/mol. The van der Waals surface area contributed by atoms with Gasteiger partial charge < -0.3 is 20.4 Å². The summed E-state index contributed by atoms with van der Waals surface area (Å²) >= 11 is 0. The molecule has 2 fully saturated rings. The van der Waals surface area contributed by atoms with E-state index in [1.807, 2.05) is 108 Å². The molecule has 10 heteroatoms. The fourth-order valence-corrected chi connectivity index (χ4v) is 10.5. The lowest BCUT2D eigenvalue weighted by atomic mass is 9.72. The zero-order valence-corrected chi connectivity index (χ0v) is 40.5. The Balaban J connectivity index is 0.857. The first-order valence-electron chi connectivity index (χ1n) is 24.8. The Morgan fingerprint density at radius 1 is 0.514 bits per heavy atom. The Morgan fingerprint density at radius 3 is 1.57 bits per heavy atom. The van der Waals surface area contributed by atoms with E-state index >= 15 is 4.39 Å². The number of likely N-dealkylation sites (tertiary alicyclic amines) is 2. The van der Waals surface area contributed by atoms with Gasteiger partial charge in [-0.2, -0.15) is 0 Å². The summed E-state index contributed by atoms with van der Waals surface area (Å²) < 4.78 is 29.0. The molecule has 0 radical (unpaired) electrons. The summed E-state index contributed by atoms with van der Waals surface area (Å²) in [6.45, 7) is 6.81. The van der Waals surface area contributed by atoms with Gasteiger partial charge in [0.25, 0.3) is 0 Å². The van der Waals surface area contributed by atoms with Gasteiger partial charge in [-0.05, 0) is 134 Å². The number of carbonyl (C=O) groups is 4. The minimum absolute atomic E-state index is 0.00171. The van der Waals surface area contributed by atoms with E-state index in [1.54, 1.807) is 18.2 Å². The van der Waals surface area contributed by atoms with Crippen LogP contribution in [0.25, 0.3) is 11.1 Å². The maximum atomic E-state index is 15.6. The summed E-state index contributed by atoms with van der Waals surface area (Å²) in [6.07, 6.45) is 4.86. The summed E-state index contributed by atoms with van der Waals surface area (Å²) in [6, 6.07) is 45.2. The Bertz CT molecular complexity index is 2760. The number of amides is 4. The summed E-state index contributed by atoms with van der Waals surface area (Å²) in [4.78, 5) is 58.9. The quantitative estimate of drug-likeness (QED) is 0.0952. The van der Waals surface area contributed by atoms with Gasteiger partial charge in [0.05, 0.1) is 10.8 Å². The Labute approximate surface area is 411 Å². The molecule has 2 aliphatic heterocycles. The van der Waals surface area contributed by atoms with E-state index in [9.17, 15) is 23.6 Å². The van der Waals surface area contributed by atoms with Crippen molar-refractivity contribution in [3.63, 3.8) is 0 Å². The van der Waals surface area contributed by atoms with Crippen molar-refractivity contribution in [1.29, 1.82) is 0 Å². The second-order valence-electron chi connectivity index (χ2n) is 19.2. The van der Waals surface area contributed by atoms with E-state index in [2.05, 4.69) is 35.8 Å². The largest absolute Gasteiger partial charge is 0.355 e. The molecule has 8 nitrogen and oxygen atoms in total. The highest BCUT2D eigenvalue weighted by Gasteiger charge is 2.45. The molecule has 8 rings (SSSR count). The van der Waals surface area contributed by atoms with Gasteiger partial charge in [-0.15, -0.1) is 0 Å². The van der Waals surface area contributed by atoms with Gasteiger partial charge in [0, 0.05) is 57.7 Å². The van der Waals surface area contributed by atoms with E-state index in [1.165, 1.54) is 29.3 Å². The third kappa shape index (κ3) is 11.7. The molecule has 0 aliphatic carbocycles. The van der Waals surface area contributed by atoms with Crippen molar-refractivity contribution < 1.29 is 28.0 Å². The van der Waals surface area contributed by atoms with Crippen molar-refractivity contribution in [2.24, 2.45) is 0 Å². The second kappa shape index (κ2) is 22.7. The fraction of sp³-hybridized carbons (Fsp3) is 0.333. The molecule has 0 atom stereocenters. The highest BCUT2D eigenvalue weighted by molar-refractivity contribution is 5.90. The molecule has 4 amide bonds. The number of halogens is 2. The maximum absolute atomic E-state index is 15.6. The van der Waals surface area contributed by atoms with Crippen molar-refractivity contribution in [3.05, 3.63) is 202 Å². The van der Waals surface area contributed by atoms with Crippen LogP contribution in [0.1, 0.15) is 83.0 Å². The van der Waals surface area contributed by atoms with Gasteiger partial charge in [0.1, 0.15) is 11.6 Å². The molecule has 6 aromatic rings. The van der Waals surface area contributed by atoms with E-state index in [0.29, 0.717) is 96.2 Å². The molecule has 0 aromatic heterocycles. The van der Waals surface area contributed by atoms with Crippen LogP contribution in [-0.2, 0) is 55.7 Å². The summed E-state index contributed by atoms with van der Waals surface area (Å²) in [5, 5.41) is 6.45. The Morgan fingerprint density at radius 2 is 1.01 bits per heavy atom. The van der Waals surface area contributed by atoms with Crippen molar-refractivity contribution in [3.8, 4) is 11.1 Å². The summed E-state index contributed by atoms with van der Waals surface area (Å²) in [7, 11) is 0. The molecule has 0 unspecified atom stereocenters. The van der Waals surface area contributed by atoms with Crippen LogP contribution in [0, 0.1) is 25.5 Å². The minimum atomic E-state index is -0.795. The number of hydrogen-bond acceptors (Lipinski definition) is 4. The van der Waals surface area contributed by atoms with Crippen LogP contribution in [0.4, 0.5) is 8.78 Å². The van der Waals surface area contributed by atoms with E-state index in [-0.39, 0.29) is 41.7 Å². The molecule has 2 N–H and O–H groups in total. The molecule has 362 valence electrons. The van der Waals surface area contributed by atoms with Gasteiger partial charge in [-0.1, -0.05) is 127 Å². The average Bonchev–Trinajstić information content (AvgIpc) is 3.39. The highest BCUT2D eigenvalue weighted by atomic mass is 19.1. The minimum Gasteiger partial charge on any atom is -0.355 e. The molecule has 0 spiro atoms. The second-order valence-corrected chi connectivity index (χ2v) is 19.2. The van der Waals surface area contributed by atoms with Crippen LogP contribution in [0.3, 0.4) is 0 Å². The number of piperidine rings is 2. The number of hydrogen-bond donors (Lipinski definition) is 2. The van der Waals surface area contributed by atoms with Gasteiger partial charge in [-0.25, -0.2) is 8.78 Å². The van der Waals surface area contributed by atoms with Crippen LogP contribution >= 0.6 is 0 Å². The third-order valence-corrected chi connectivity index (χ3v) is 14.7. The van der Waals surface area contributed by atoms with Crippen LogP contribution < -0.4 is 10.6 Å². The third-order valence-electron chi connectivity index (χ3n) is 14.7. The van der Waals surface area contributed by atoms with E-state index in [4.69, 9.17) is 0 Å². The lowest BCUT2D eigenvalue weighted by Crippen LogP contribution is -2.53. The Kier molecular flexibility index (Phi) is 16.0. The molecule has 0 saturated carbocycles. The molecular weight excluding hydrogens is 879 g/mol. The number of rotatable bonds is 17. The maximum Gasteiger partial charge on any atom is 0.230 e. The predicted molar refractivity (Wildman–Crippen MR) is 272 cm³/mol. The van der Waals surface area contributed by atoms with Crippen LogP contribution in [0.5, 0.6) is 0 Å². The monoisotopic (exact) mass is 942 g/mol. The number of aryl methyl sites for hydroxylation is 4. The smallest absolute Gasteiger partial charge is 0.230 e. The SMILES string of the molecule is Cc1cc(CCNC(=O)C2(c3ccccc3)CCN(C(=O)CCc3ccc(F)cc3)CC2)cc(-c2cc(CCC(=O)N3CCC(C(=O)NCCc4ccccc4C)(c4ccccc4)CC3)ccc2F)c1. The summed E-state index contributed by atoms with van der Waals surface area (Å²) in [5.74, 6) is -0.698. The van der Waals surface area contributed by atoms with Crippen LogP contribution in [0.2, 0.25) is 0 Å². The normalized spacial score (nSPS) is 15.3. The van der Waals surface area contributed by atoms with Crippen molar-refractivity contribution in [2.45, 2.75) is 88.9 Å². The van der Waals surface area contributed by atoms with E-state index in [0.717, 1.165) is 45.4 Å². The molecular formula is C60H64F2N4O4.